The average molecular weight is 271 g/mol. The molecule has 0 aromatic heterocycles. The van der Waals surface area contributed by atoms with Gasteiger partial charge in [0, 0.05) is 9.37 Å². The summed E-state index contributed by atoms with van der Waals surface area (Å²) in [5, 5.41) is 10.2. The number of benzene rings is 1. The molecular weight excluding hydrogens is 264 g/mol. The second kappa shape index (κ2) is 5.68. The molecule has 0 saturated heterocycles. The minimum absolute atomic E-state index is 0.259. The number of nitriles is 1. The van der Waals surface area contributed by atoms with Gasteiger partial charge in [-0.2, -0.15) is 5.26 Å². The summed E-state index contributed by atoms with van der Waals surface area (Å²) in [6.07, 6.45) is 1.59. The molecule has 1 N–H and O–H groups in total. The molecule has 0 aliphatic carbocycles. The predicted molar refractivity (Wildman–Crippen MR) is 58.6 cm³/mol. The van der Waals surface area contributed by atoms with E-state index in [-0.39, 0.29) is 11.7 Å². The van der Waals surface area contributed by atoms with E-state index in [0.717, 1.165) is 9.37 Å². The Bertz CT molecular complexity index is 358. The number of nitrogens with one attached hydrogen (secondary N) is 1. The topological polar surface area (TPSA) is 52.9 Å². The SMILES string of the molecule is N#CNC(=O)CSc1ccc(Br)cc1. The summed E-state index contributed by atoms with van der Waals surface area (Å²) in [5.41, 5.74) is 0. The lowest BCUT2D eigenvalue weighted by atomic mass is 10.4. The van der Waals surface area contributed by atoms with Crippen LogP contribution in [0.1, 0.15) is 0 Å². The van der Waals surface area contributed by atoms with Crippen molar-refractivity contribution in [3.05, 3.63) is 28.7 Å². The van der Waals surface area contributed by atoms with E-state index in [1.165, 1.54) is 11.8 Å². The summed E-state index contributed by atoms with van der Waals surface area (Å²) < 4.78 is 1.00. The summed E-state index contributed by atoms with van der Waals surface area (Å²) in [4.78, 5) is 11.9. The van der Waals surface area contributed by atoms with Gasteiger partial charge in [-0.3, -0.25) is 10.1 Å². The molecule has 1 rings (SSSR count). The predicted octanol–water partition coefficient (Wildman–Crippen LogP) is 2.14. The van der Waals surface area contributed by atoms with Gasteiger partial charge in [0.1, 0.15) is 0 Å². The highest BCUT2D eigenvalue weighted by molar-refractivity contribution is 9.10. The lowest BCUT2D eigenvalue weighted by molar-refractivity contribution is -0.117. The third-order valence-electron chi connectivity index (χ3n) is 1.38. The maximum absolute atomic E-state index is 10.9. The highest BCUT2D eigenvalue weighted by Gasteiger charge is 2.00. The van der Waals surface area contributed by atoms with Crippen LogP contribution in [0.25, 0.3) is 0 Å². The number of hydrogen-bond donors (Lipinski definition) is 1. The van der Waals surface area contributed by atoms with Crippen molar-refractivity contribution >= 4 is 33.6 Å². The number of carbonyl (C=O) groups is 1. The van der Waals surface area contributed by atoms with Gasteiger partial charge in [0.2, 0.25) is 5.91 Å². The number of thioether (sulfide) groups is 1. The van der Waals surface area contributed by atoms with E-state index in [9.17, 15) is 4.79 Å². The van der Waals surface area contributed by atoms with E-state index in [2.05, 4.69) is 21.2 Å². The molecule has 0 spiro atoms. The van der Waals surface area contributed by atoms with Gasteiger partial charge >= 0.3 is 0 Å². The first kappa shape index (κ1) is 11.1. The monoisotopic (exact) mass is 270 g/mol. The molecule has 3 nitrogen and oxygen atoms in total. The number of hydrogen-bond acceptors (Lipinski definition) is 3. The molecule has 1 aromatic rings. The fourth-order valence-corrected chi connectivity index (χ4v) is 1.74. The molecule has 0 heterocycles. The molecule has 0 saturated carbocycles. The molecule has 0 aliphatic heterocycles. The summed E-state index contributed by atoms with van der Waals surface area (Å²) in [5.74, 6) is -0.0183. The Kier molecular flexibility index (Phi) is 4.50. The molecule has 0 atom stereocenters. The van der Waals surface area contributed by atoms with Crippen LogP contribution in [-0.4, -0.2) is 11.7 Å². The van der Waals surface area contributed by atoms with Crippen LogP contribution in [0.5, 0.6) is 0 Å². The van der Waals surface area contributed by atoms with Gasteiger partial charge in [-0.25, -0.2) is 0 Å². The van der Waals surface area contributed by atoms with Crippen LogP contribution in [-0.2, 0) is 4.79 Å². The van der Waals surface area contributed by atoms with E-state index in [4.69, 9.17) is 5.26 Å². The van der Waals surface area contributed by atoms with Gasteiger partial charge in [-0.1, -0.05) is 15.9 Å². The quantitative estimate of drug-likeness (QED) is 0.520. The molecule has 0 radical (unpaired) electrons. The van der Waals surface area contributed by atoms with Crippen LogP contribution in [0.2, 0.25) is 0 Å². The van der Waals surface area contributed by atoms with Gasteiger partial charge in [0.25, 0.3) is 0 Å². The molecule has 5 heteroatoms. The number of nitrogens with zero attached hydrogens (tertiary/aromatic N) is 1. The van der Waals surface area contributed by atoms with Crippen molar-refractivity contribution in [1.29, 1.82) is 5.26 Å². The minimum atomic E-state index is -0.277. The highest BCUT2D eigenvalue weighted by Crippen LogP contribution is 2.20. The summed E-state index contributed by atoms with van der Waals surface area (Å²) in [6.45, 7) is 0. The zero-order valence-corrected chi connectivity index (χ0v) is 9.56. The standard InChI is InChI=1S/C9H7BrN2OS/c10-7-1-3-8(4-2-7)14-5-9(13)12-6-11/h1-4H,5H2,(H,12,13). The molecule has 0 unspecified atom stereocenters. The van der Waals surface area contributed by atoms with Gasteiger partial charge < -0.3 is 0 Å². The first-order valence-electron chi connectivity index (χ1n) is 3.78. The first-order chi connectivity index (χ1) is 6.72. The highest BCUT2D eigenvalue weighted by atomic mass is 79.9. The Morgan fingerprint density at radius 2 is 2.14 bits per heavy atom. The zero-order chi connectivity index (χ0) is 10.4. The molecule has 0 bridgehead atoms. The van der Waals surface area contributed by atoms with E-state index >= 15 is 0 Å². The van der Waals surface area contributed by atoms with Crippen molar-refractivity contribution in [1.82, 2.24) is 5.32 Å². The van der Waals surface area contributed by atoms with Gasteiger partial charge in [-0.15, -0.1) is 11.8 Å². The third kappa shape index (κ3) is 3.81. The molecule has 1 amide bonds. The Morgan fingerprint density at radius 3 is 2.71 bits per heavy atom. The largest absolute Gasteiger partial charge is 0.273 e. The average Bonchev–Trinajstić information content (AvgIpc) is 2.17. The third-order valence-corrected chi connectivity index (χ3v) is 2.92. The van der Waals surface area contributed by atoms with Crippen LogP contribution >= 0.6 is 27.7 Å². The number of carbonyl (C=O) groups excluding carboxylic acids is 1. The zero-order valence-electron chi connectivity index (χ0n) is 7.16. The van der Waals surface area contributed by atoms with Crippen LogP contribution < -0.4 is 5.32 Å². The number of rotatable bonds is 3. The second-order valence-electron chi connectivity index (χ2n) is 2.40. The van der Waals surface area contributed by atoms with Crippen LogP contribution in [0, 0.1) is 11.5 Å². The molecule has 1 aromatic carbocycles. The van der Waals surface area contributed by atoms with Crippen molar-refractivity contribution in [2.45, 2.75) is 4.90 Å². The molecular formula is C9H7BrN2OS. The van der Waals surface area contributed by atoms with Crippen molar-refractivity contribution in [3.8, 4) is 6.19 Å². The van der Waals surface area contributed by atoms with E-state index in [1.54, 1.807) is 6.19 Å². The molecule has 0 aliphatic rings. The summed E-state index contributed by atoms with van der Waals surface area (Å²) in [7, 11) is 0. The fourth-order valence-electron chi connectivity index (χ4n) is 0.778. The van der Waals surface area contributed by atoms with Gasteiger partial charge in [-0.05, 0) is 24.3 Å². The van der Waals surface area contributed by atoms with Crippen molar-refractivity contribution in [3.63, 3.8) is 0 Å². The van der Waals surface area contributed by atoms with Crippen molar-refractivity contribution < 1.29 is 4.79 Å². The normalized spacial score (nSPS) is 9.14. The Morgan fingerprint density at radius 1 is 1.50 bits per heavy atom. The van der Waals surface area contributed by atoms with Gasteiger partial charge in [0.15, 0.2) is 6.19 Å². The van der Waals surface area contributed by atoms with Crippen LogP contribution in [0.4, 0.5) is 0 Å². The fraction of sp³-hybridized carbons (Fsp3) is 0.111. The maximum Gasteiger partial charge on any atom is 0.243 e. The summed E-state index contributed by atoms with van der Waals surface area (Å²) >= 11 is 4.71. The van der Waals surface area contributed by atoms with Crippen molar-refractivity contribution in [2.75, 3.05) is 5.75 Å². The number of amides is 1. The number of halogens is 1. The van der Waals surface area contributed by atoms with Crippen LogP contribution in [0.15, 0.2) is 33.6 Å². The Labute approximate surface area is 94.6 Å². The van der Waals surface area contributed by atoms with Crippen LogP contribution in [0.3, 0.4) is 0 Å². The molecule has 72 valence electrons. The van der Waals surface area contributed by atoms with E-state index in [0.29, 0.717) is 0 Å². The van der Waals surface area contributed by atoms with Crippen molar-refractivity contribution in [2.24, 2.45) is 0 Å². The Balaban J connectivity index is 2.43. The summed E-state index contributed by atoms with van der Waals surface area (Å²) in [6, 6.07) is 7.64. The first-order valence-corrected chi connectivity index (χ1v) is 5.56. The van der Waals surface area contributed by atoms with E-state index < -0.39 is 0 Å². The van der Waals surface area contributed by atoms with Gasteiger partial charge in [0.05, 0.1) is 5.75 Å². The maximum atomic E-state index is 10.9. The van der Waals surface area contributed by atoms with E-state index in [1.807, 2.05) is 24.3 Å². The molecule has 14 heavy (non-hydrogen) atoms. The Hall–Kier alpha value is -0.990. The lowest BCUT2D eigenvalue weighted by Crippen LogP contribution is -2.19. The smallest absolute Gasteiger partial charge is 0.243 e. The minimum Gasteiger partial charge on any atom is -0.273 e. The lowest BCUT2D eigenvalue weighted by Gasteiger charge is -1.99. The second-order valence-corrected chi connectivity index (χ2v) is 4.37. The molecule has 0 fully saturated rings.